The van der Waals surface area contributed by atoms with Crippen molar-refractivity contribution in [3.8, 4) is 0 Å². The smallest absolute Gasteiger partial charge is 0.269 e. The summed E-state index contributed by atoms with van der Waals surface area (Å²) in [5.41, 5.74) is -0.136. The van der Waals surface area contributed by atoms with Crippen LogP contribution in [0.25, 0.3) is 0 Å². The molecule has 1 aliphatic rings. The molecular weight excluding hydrogens is 284 g/mol. The predicted octanol–water partition coefficient (Wildman–Crippen LogP) is 1.44. The molecule has 1 fully saturated rings. The molecule has 0 spiro atoms. The number of rotatable bonds is 6. The molecule has 2 rings (SSSR count). The Morgan fingerprint density at radius 3 is 2.60 bits per heavy atom. The van der Waals surface area contributed by atoms with Crippen LogP contribution in [0.15, 0.2) is 29.2 Å². The lowest BCUT2D eigenvalue weighted by molar-refractivity contribution is -0.384. The molecule has 1 saturated heterocycles. The molecule has 1 heterocycles. The number of nitrogens with zero attached hydrogens (tertiary/aromatic N) is 1. The van der Waals surface area contributed by atoms with Crippen LogP contribution < -0.4 is 4.72 Å². The summed E-state index contributed by atoms with van der Waals surface area (Å²) in [6.07, 6.45) is 2.72. The zero-order valence-electron chi connectivity index (χ0n) is 10.8. The fraction of sp³-hybridized carbons (Fsp3) is 0.500. The standard InChI is InChI=1S/C12H16N2O5S/c15-14(16)10-3-5-12(6-4-10)20(17,18)13-8-7-11-2-1-9-19-11/h3-6,11,13H,1-2,7-9H2/t11-/m1/s1. The third kappa shape index (κ3) is 3.75. The van der Waals surface area contributed by atoms with E-state index in [-0.39, 0.29) is 16.7 Å². The van der Waals surface area contributed by atoms with Crippen LogP contribution in [0.3, 0.4) is 0 Å². The van der Waals surface area contributed by atoms with Crippen LogP contribution in [-0.2, 0) is 14.8 Å². The van der Waals surface area contributed by atoms with Crippen molar-refractivity contribution in [2.75, 3.05) is 13.2 Å². The number of nitrogens with one attached hydrogen (secondary N) is 1. The Hall–Kier alpha value is -1.51. The first kappa shape index (κ1) is 14.9. The molecule has 1 aromatic rings. The monoisotopic (exact) mass is 300 g/mol. The fourth-order valence-corrected chi connectivity index (χ4v) is 3.10. The van der Waals surface area contributed by atoms with Crippen molar-refractivity contribution in [2.24, 2.45) is 0 Å². The van der Waals surface area contributed by atoms with E-state index < -0.39 is 14.9 Å². The molecule has 0 bridgehead atoms. The Bertz CT molecular complexity index is 564. The first-order valence-corrected chi connectivity index (χ1v) is 7.83. The minimum Gasteiger partial charge on any atom is -0.378 e. The molecule has 0 unspecified atom stereocenters. The van der Waals surface area contributed by atoms with Gasteiger partial charge >= 0.3 is 0 Å². The Morgan fingerprint density at radius 2 is 2.05 bits per heavy atom. The van der Waals surface area contributed by atoms with Crippen LogP contribution >= 0.6 is 0 Å². The molecule has 0 radical (unpaired) electrons. The normalized spacial score (nSPS) is 19.1. The van der Waals surface area contributed by atoms with E-state index in [4.69, 9.17) is 4.74 Å². The van der Waals surface area contributed by atoms with Gasteiger partial charge in [-0.25, -0.2) is 13.1 Å². The van der Waals surface area contributed by atoms with Gasteiger partial charge in [-0.3, -0.25) is 10.1 Å². The van der Waals surface area contributed by atoms with E-state index in [0.717, 1.165) is 19.4 Å². The van der Waals surface area contributed by atoms with E-state index in [0.29, 0.717) is 13.0 Å². The number of ether oxygens (including phenoxy) is 1. The fourth-order valence-electron chi connectivity index (χ4n) is 2.06. The lowest BCUT2D eigenvalue weighted by atomic mass is 10.2. The van der Waals surface area contributed by atoms with E-state index in [2.05, 4.69) is 4.72 Å². The average molecular weight is 300 g/mol. The van der Waals surface area contributed by atoms with Crippen LogP contribution in [-0.4, -0.2) is 32.6 Å². The maximum atomic E-state index is 12.0. The third-order valence-corrected chi connectivity index (χ3v) is 4.62. The molecule has 8 heteroatoms. The van der Waals surface area contributed by atoms with Crippen molar-refractivity contribution in [1.82, 2.24) is 4.72 Å². The van der Waals surface area contributed by atoms with Crippen LogP contribution in [0.2, 0.25) is 0 Å². The van der Waals surface area contributed by atoms with Crippen molar-refractivity contribution in [2.45, 2.75) is 30.3 Å². The number of nitro groups is 1. The first-order valence-electron chi connectivity index (χ1n) is 6.35. The van der Waals surface area contributed by atoms with E-state index in [1.54, 1.807) is 0 Å². The zero-order valence-corrected chi connectivity index (χ0v) is 11.6. The molecule has 1 aromatic carbocycles. The lowest BCUT2D eigenvalue weighted by Crippen LogP contribution is -2.27. The second-order valence-electron chi connectivity index (χ2n) is 4.57. The van der Waals surface area contributed by atoms with Crippen molar-refractivity contribution in [3.05, 3.63) is 34.4 Å². The number of non-ortho nitro benzene ring substituents is 1. The maximum absolute atomic E-state index is 12.0. The van der Waals surface area contributed by atoms with Crippen LogP contribution in [0.1, 0.15) is 19.3 Å². The number of hydrogen-bond donors (Lipinski definition) is 1. The number of hydrogen-bond acceptors (Lipinski definition) is 5. The van der Waals surface area contributed by atoms with Gasteiger partial charge in [0.15, 0.2) is 0 Å². The van der Waals surface area contributed by atoms with E-state index in [1.165, 1.54) is 24.3 Å². The van der Waals surface area contributed by atoms with E-state index in [1.807, 2.05) is 0 Å². The summed E-state index contributed by atoms with van der Waals surface area (Å²) < 4.78 is 31.8. The molecule has 0 aromatic heterocycles. The molecular formula is C12H16N2O5S. The Morgan fingerprint density at radius 1 is 1.35 bits per heavy atom. The van der Waals surface area contributed by atoms with Gasteiger partial charge in [0.1, 0.15) is 0 Å². The molecule has 1 aliphatic heterocycles. The molecule has 1 N–H and O–H groups in total. The number of nitro benzene ring substituents is 1. The highest BCUT2D eigenvalue weighted by Gasteiger charge is 2.18. The average Bonchev–Trinajstić information content (AvgIpc) is 2.92. The van der Waals surface area contributed by atoms with Gasteiger partial charge in [0.05, 0.1) is 15.9 Å². The maximum Gasteiger partial charge on any atom is 0.269 e. The minimum atomic E-state index is -3.62. The Labute approximate surface area is 117 Å². The van der Waals surface area contributed by atoms with Gasteiger partial charge in [-0.2, -0.15) is 0 Å². The molecule has 0 saturated carbocycles. The zero-order chi connectivity index (χ0) is 14.6. The summed E-state index contributed by atoms with van der Waals surface area (Å²) >= 11 is 0. The highest BCUT2D eigenvalue weighted by molar-refractivity contribution is 7.89. The molecule has 20 heavy (non-hydrogen) atoms. The van der Waals surface area contributed by atoms with Crippen LogP contribution in [0, 0.1) is 10.1 Å². The van der Waals surface area contributed by atoms with Crippen LogP contribution in [0.4, 0.5) is 5.69 Å². The van der Waals surface area contributed by atoms with Crippen molar-refractivity contribution < 1.29 is 18.1 Å². The van der Waals surface area contributed by atoms with Crippen molar-refractivity contribution in [1.29, 1.82) is 0 Å². The quantitative estimate of drug-likeness (QED) is 0.633. The molecule has 0 amide bonds. The first-order chi connectivity index (χ1) is 9.49. The highest BCUT2D eigenvalue weighted by Crippen LogP contribution is 2.17. The molecule has 7 nitrogen and oxygen atoms in total. The molecule has 110 valence electrons. The highest BCUT2D eigenvalue weighted by atomic mass is 32.2. The van der Waals surface area contributed by atoms with Gasteiger partial charge in [-0.15, -0.1) is 0 Å². The number of benzene rings is 1. The second kappa shape index (κ2) is 6.29. The summed E-state index contributed by atoms with van der Waals surface area (Å²) in [6.45, 7) is 1.03. The van der Waals surface area contributed by atoms with Gasteiger partial charge in [0, 0.05) is 25.3 Å². The Kier molecular flexibility index (Phi) is 4.69. The summed E-state index contributed by atoms with van der Waals surface area (Å²) in [7, 11) is -3.62. The second-order valence-corrected chi connectivity index (χ2v) is 6.34. The summed E-state index contributed by atoms with van der Waals surface area (Å²) in [6, 6.07) is 4.81. The largest absolute Gasteiger partial charge is 0.378 e. The van der Waals surface area contributed by atoms with Gasteiger partial charge in [-0.1, -0.05) is 0 Å². The van der Waals surface area contributed by atoms with Crippen molar-refractivity contribution in [3.63, 3.8) is 0 Å². The summed E-state index contributed by atoms with van der Waals surface area (Å²) in [5.74, 6) is 0. The summed E-state index contributed by atoms with van der Waals surface area (Å²) in [4.78, 5) is 9.96. The summed E-state index contributed by atoms with van der Waals surface area (Å²) in [5, 5.41) is 10.5. The van der Waals surface area contributed by atoms with Gasteiger partial charge < -0.3 is 4.74 Å². The third-order valence-electron chi connectivity index (χ3n) is 3.14. The van der Waals surface area contributed by atoms with Crippen molar-refractivity contribution >= 4 is 15.7 Å². The van der Waals surface area contributed by atoms with E-state index >= 15 is 0 Å². The van der Waals surface area contributed by atoms with E-state index in [9.17, 15) is 18.5 Å². The van der Waals surface area contributed by atoms with Gasteiger partial charge in [-0.05, 0) is 31.4 Å². The minimum absolute atomic E-state index is 0.0236. The van der Waals surface area contributed by atoms with Crippen LogP contribution in [0.5, 0.6) is 0 Å². The molecule has 0 aliphatic carbocycles. The topological polar surface area (TPSA) is 98.5 Å². The van der Waals surface area contributed by atoms with Gasteiger partial charge in [0.2, 0.25) is 10.0 Å². The number of sulfonamides is 1. The predicted molar refractivity (Wildman–Crippen MR) is 71.9 cm³/mol. The van der Waals surface area contributed by atoms with Gasteiger partial charge in [0.25, 0.3) is 5.69 Å². The molecule has 1 atom stereocenters. The SMILES string of the molecule is O=[N+]([O-])c1ccc(S(=O)(=O)NCC[C@H]2CCCO2)cc1. The Balaban J connectivity index is 1.93. The lowest BCUT2D eigenvalue weighted by Gasteiger charge is -2.10.